The van der Waals surface area contributed by atoms with Crippen LogP contribution in [0.25, 0.3) is 0 Å². The van der Waals surface area contributed by atoms with Gasteiger partial charge in [-0.1, -0.05) is 0 Å². The average Bonchev–Trinajstić information content (AvgIpc) is 2.45. The minimum Gasteiger partial charge on any atom is -0.496 e. The molecule has 4 nitrogen and oxygen atoms in total. The van der Waals surface area contributed by atoms with Gasteiger partial charge in [-0.15, -0.1) is 0 Å². The lowest BCUT2D eigenvalue weighted by atomic mass is 10.0. The second-order valence-corrected chi connectivity index (χ2v) is 5.45. The topological polar surface area (TPSA) is 47.7 Å². The molecule has 0 radical (unpaired) electrons. The Morgan fingerprint density at radius 2 is 2.00 bits per heavy atom. The predicted molar refractivity (Wildman–Crippen MR) is 82.1 cm³/mol. The van der Waals surface area contributed by atoms with Crippen molar-refractivity contribution < 1.29 is 9.47 Å². The third-order valence-corrected chi connectivity index (χ3v) is 4.00. The lowest BCUT2D eigenvalue weighted by Gasteiger charge is -2.32. The molecule has 0 unspecified atom stereocenters. The van der Waals surface area contributed by atoms with Gasteiger partial charge in [-0.05, 0) is 44.4 Å². The highest BCUT2D eigenvalue weighted by molar-refractivity contribution is 5.54. The normalized spacial score (nSPS) is 17.4. The molecule has 1 aromatic rings. The second kappa shape index (κ2) is 6.95. The summed E-state index contributed by atoms with van der Waals surface area (Å²) in [7, 11) is 1.72. The summed E-state index contributed by atoms with van der Waals surface area (Å²) in [6.45, 7) is 7.92. The zero-order valence-corrected chi connectivity index (χ0v) is 12.8. The van der Waals surface area contributed by atoms with Crippen LogP contribution in [0, 0.1) is 6.92 Å². The fourth-order valence-corrected chi connectivity index (χ4v) is 2.77. The third-order valence-electron chi connectivity index (χ3n) is 4.00. The first kappa shape index (κ1) is 15.1. The molecule has 1 saturated heterocycles. The van der Waals surface area contributed by atoms with Crippen molar-refractivity contribution in [2.24, 2.45) is 0 Å². The van der Waals surface area contributed by atoms with Crippen molar-refractivity contribution in [3.05, 3.63) is 23.3 Å². The number of piperidine rings is 1. The van der Waals surface area contributed by atoms with E-state index >= 15 is 0 Å². The number of anilines is 1. The van der Waals surface area contributed by atoms with Gasteiger partial charge in [-0.3, -0.25) is 4.90 Å². The molecule has 2 N–H and O–H groups in total. The van der Waals surface area contributed by atoms with Gasteiger partial charge in [0.15, 0.2) is 0 Å². The standard InChI is InChI=1S/C16H26N2O2/c1-4-20-14-5-7-18(8-6-14)11-13-10-15(17)12(2)9-16(13)19-3/h9-10,14H,4-8,11,17H2,1-3H3. The van der Waals surface area contributed by atoms with Crippen LogP contribution < -0.4 is 10.5 Å². The van der Waals surface area contributed by atoms with Gasteiger partial charge < -0.3 is 15.2 Å². The third kappa shape index (κ3) is 3.64. The van der Waals surface area contributed by atoms with Crippen LogP contribution in [0.1, 0.15) is 30.9 Å². The van der Waals surface area contributed by atoms with Gasteiger partial charge in [0.05, 0.1) is 13.2 Å². The van der Waals surface area contributed by atoms with Crippen LogP contribution in [-0.2, 0) is 11.3 Å². The Bertz CT molecular complexity index is 440. The van der Waals surface area contributed by atoms with Crippen molar-refractivity contribution >= 4 is 5.69 Å². The molecule has 0 amide bonds. The van der Waals surface area contributed by atoms with E-state index in [2.05, 4.69) is 11.8 Å². The number of ether oxygens (including phenoxy) is 2. The molecule has 112 valence electrons. The van der Waals surface area contributed by atoms with Crippen molar-refractivity contribution in [3.63, 3.8) is 0 Å². The second-order valence-electron chi connectivity index (χ2n) is 5.45. The molecule has 0 bridgehead atoms. The van der Waals surface area contributed by atoms with Gasteiger partial charge in [-0.2, -0.15) is 0 Å². The summed E-state index contributed by atoms with van der Waals surface area (Å²) in [5, 5.41) is 0. The molecule has 1 aromatic carbocycles. The maximum atomic E-state index is 6.02. The smallest absolute Gasteiger partial charge is 0.123 e. The lowest BCUT2D eigenvalue weighted by Crippen LogP contribution is -2.36. The van der Waals surface area contributed by atoms with Crippen molar-refractivity contribution in [3.8, 4) is 5.75 Å². The molecule has 0 aromatic heterocycles. The van der Waals surface area contributed by atoms with Crippen LogP contribution in [-0.4, -0.2) is 37.8 Å². The fourth-order valence-electron chi connectivity index (χ4n) is 2.77. The van der Waals surface area contributed by atoms with Crippen molar-refractivity contribution in [1.29, 1.82) is 0 Å². The van der Waals surface area contributed by atoms with E-state index in [0.29, 0.717) is 6.10 Å². The Kier molecular flexibility index (Phi) is 5.26. The summed E-state index contributed by atoms with van der Waals surface area (Å²) in [6.07, 6.45) is 2.65. The van der Waals surface area contributed by atoms with Crippen molar-refractivity contribution in [2.75, 3.05) is 32.5 Å². The highest BCUT2D eigenvalue weighted by Crippen LogP contribution is 2.27. The number of rotatable bonds is 5. The first-order valence-electron chi connectivity index (χ1n) is 7.41. The summed E-state index contributed by atoms with van der Waals surface area (Å²) in [5.41, 5.74) is 9.10. The Hall–Kier alpha value is -1.26. The van der Waals surface area contributed by atoms with Gasteiger partial charge in [0.1, 0.15) is 5.75 Å². The number of nitrogens with two attached hydrogens (primary N) is 1. The Morgan fingerprint density at radius 1 is 1.30 bits per heavy atom. The number of benzene rings is 1. The van der Waals surface area contributed by atoms with Gasteiger partial charge in [0.2, 0.25) is 0 Å². The van der Waals surface area contributed by atoms with E-state index < -0.39 is 0 Å². The molecule has 1 aliphatic rings. The minimum absolute atomic E-state index is 0.432. The number of hydrogen-bond acceptors (Lipinski definition) is 4. The van der Waals surface area contributed by atoms with Crippen molar-refractivity contribution in [2.45, 2.75) is 39.3 Å². The van der Waals surface area contributed by atoms with Crippen LogP contribution in [0.15, 0.2) is 12.1 Å². The maximum Gasteiger partial charge on any atom is 0.123 e. The number of nitrogens with zero attached hydrogens (tertiary/aromatic N) is 1. The van der Waals surface area contributed by atoms with Crippen LogP contribution in [0.4, 0.5) is 5.69 Å². The van der Waals surface area contributed by atoms with Crippen LogP contribution in [0.2, 0.25) is 0 Å². The Morgan fingerprint density at radius 3 is 2.60 bits per heavy atom. The lowest BCUT2D eigenvalue weighted by molar-refractivity contribution is 0.0124. The molecule has 1 heterocycles. The van der Waals surface area contributed by atoms with Crippen LogP contribution in [0.5, 0.6) is 5.75 Å². The summed E-state index contributed by atoms with van der Waals surface area (Å²) in [4.78, 5) is 2.45. The first-order valence-corrected chi connectivity index (χ1v) is 7.41. The van der Waals surface area contributed by atoms with Crippen molar-refractivity contribution in [1.82, 2.24) is 4.90 Å². The van der Waals surface area contributed by atoms with E-state index in [1.807, 2.05) is 19.1 Å². The van der Waals surface area contributed by atoms with E-state index in [0.717, 1.165) is 56.1 Å². The molecule has 1 fully saturated rings. The Labute approximate surface area is 121 Å². The molecule has 1 aliphatic heterocycles. The van der Waals surface area contributed by atoms with Gasteiger partial charge in [0.25, 0.3) is 0 Å². The number of methoxy groups -OCH3 is 1. The van der Waals surface area contributed by atoms with Gasteiger partial charge >= 0.3 is 0 Å². The molecular formula is C16H26N2O2. The molecule has 0 saturated carbocycles. The number of aryl methyl sites for hydroxylation is 1. The maximum absolute atomic E-state index is 6.02. The summed E-state index contributed by atoms with van der Waals surface area (Å²) < 4.78 is 11.2. The zero-order valence-electron chi connectivity index (χ0n) is 12.8. The summed E-state index contributed by atoms with van der Waals surface area (Å²) in [5.74, 6) is 0.934. The fraction of sp³-hybridized carbons (Fsp3) is 0.625. The zero-order chi connectivity index (χ0) is 14.5. The quantitative estimate of drug-likeness (QED) is 0.841. The molecule has 4 heteroatoms. The van der Waals surface area contributed by atoms with E-state index in [-0.39, 0.29) is 0 Å². The molecule has 0 atom stereocenters. The first-order chi connectivity index (χ1) is 9.63. The van der Waals surface area contributed by atoms with E-state index in [1.165, 1.54) is 5.56 Å². The van der Waals surface area contributed by atoms with E-state index in [9.17, 15) is 0 Å². The predicted octanol–water partition coefficient (Wildman–Crippen LogP) is 2.59. The molecule has 2 rings (SSSR count). The molecular weight excluding hydrogens is 252 g/mol. The van der Waals surface area contributed by atoms with Crippen LogP contribution in [0.3, 0.4) is 0 Å². The Balaban J connectivity index is 1.99. The monoisotopic (exact) mass is 278 g/mol. The number of hydrogen-bond donors (Lipinski definition) is 1. The summed E-state index contributed by atoms with van der Waals surface area (Å²) >= 11 is 0. The molecule has 0 spiro atoms. The minimum atomic E-state index is 0.432. The molecule has 20 heavy (non-hydrogen) atoms. The number of nitrogen functional groups attached to an aromatic ring is 1. The highest BCUT2D eigenvalue weighted by Gasteiger charge is 2.20. The van der Waals surface area contributed by atoms with Gasteiger partial charge in [0, 0.05) is 37.5 Å². The SMILES string of the molecule is CCOC1CCN(Cc2cc(N)c(C)cc2OC)CC1. The summed E-state index contributed by atoms with van der Waals surface area (Å²) in [6, 6.07) is 4.07. The highest BCUT2D eigenvalue weighted by atomic mass is 16.5. The van der Waals surface area contributed by atoms with Gasteiger partial charge in [-0.25, -0.2) is 0 Å². The van der Waals surface area contributed by atoms with Crippen LogP contribution >= 0.6 is 0 Å². The number of likely N-dealkylation sites (tertiary alicyclic amines) is 1. The van der Waals surface area contributed by atoms with E-state index in [4.69, 9.17) is 15.2 Å². The average molecular weight is 278 g/mol. The largest absolute Gasteiger partial charge is 0.496 e. The van der Waals surface area contributed by atoms with E-state index in [1.54, 1.807) is 7.11 Å². The molecule has 0 aliphatic carbocycles.